The van der Waals surface area contributed by atoms with Gasteiger partial charge in [-0.3, -0.25) is 0 Å². The van der Waals surface area contributed by atoms with Gasteiger partial charge in [0.2, 0.25) is 11.9 Å². The molecule has 2 aromatic heterocycles. The highest BCUT2D eigenvalue weighted by molar-refractivity contribution is 5.54. The van der Waals surface area contributed by atoms with Crippen molar-refractivity contribution in [1.29, 1.82) is 0 Å². The van der Waals surface area contributed by atoms with Gasteiger partial charge in [0.25, 0.3) is 0 Å². The molecule has 3 rings (SSSR count). The fraction of sp³-hybridized carbons (Fsp3) is 0.333. The molecule has 0 saturated heterocycles. The second-order valence-electron chi connectivity index (χ2n) is 6.53. The van der Waals surface area contributed by atoms with Crippen LogP contribution in [0.15, 0.2) is 42.7 Å². The van der Waals surface area contributed by atoms with E-state index in [-0.39, 0.29) is 12.1 Å². The topological polar surface area (TPSA) is 127 Å². The van der Waals surface area contributed by atoms with Crippen molar-refractivity contribution in [3.63, 3.8) is 0 Å². The molecule has 3 aromatic rings. The fourth-order valence-corrected chi connectivity index (χ4v) is 2.70. The average molecular weight is 368 g/mol. The van der Waals surface area contributed by atoms with Crippen LogP contribution in [-0.2, 0) is 0 Å². The zero-order valence-corrected chi connectivity index (χ0v) is 15.4. The van der Waals surface area contributed by atoms with Crippen molar-refractivity contribution >= 4 is 23.4 Å². The molecule has 0 spiro atoms. The Morgan fingerprint density at radius 2 is 1.96 bits per heavy atom. The Morgan fingerprint density at radius 1 is 1.19 bits per heavy atom. The van der Waals surface area contributed by atoms with Crippen LogP contribution >= 0.6 is 0 Å². The third-order valence-electron chi connectivity index (χ3n) is 3.91. The van der Waals surface area contributed by atoms with Gasteiger partial charge < -0.3 is 21.5 Å². The highest BCUT2D eigenvalue weighted by atomic mass is 16.3. The van der Waals surface area contributed by atoms with Crippen LogP contribution < -0.4 is 16.4 Å². The summed E-state index contributed by atoms with van der Waals surface area (Å²) in [6.45, 7) is 4.54. The van der Waals surface area contributed by atoms with E-state index in [9.17, 15) is 5.11 Å². The van der Waals surface area contributed by atoms with Crippen molar-refractivity contribution in [1.82, 2.24) is 24.7 Å². The minimum atomic E-state index is -0.326. The molecule has 0 aliphatic rings. The van der Waals surface area contributed by atoms with E-state index in [0.29, 0.717) is 30.0 Å². The van der Waals surface area contributed by atoms with Gasteiger partial charge in [-0.05, 0) is 31.4 Å². The van der Waals surface area contributed by atoms with Crippen LogP contribution in [0.2, 0.25) is 0 Å². The van der Waals surface area contributed by atoms with Crippen LogP contribution in [0.25, 0.3) is 5.82 Å². The number of aromatic nitrogens is 5. The number of hydrogen-bond acceptors (Lipinski definition) is 8. The lowest BCUT2D eigenvalue weighted by Crippen LogP contribution is -2.17. The summed E-state index contributed by atoms with van der Waals surface area (Å²) in [5.74, 6) is 2.09. The van der Waals surface area contributed by atoms with Crippen molar-refractivity contribution < 1.29 is 5.11 Å². The third kappa shape index (κ3) is 5.14. The van der Waals surface area contributed by atoms with Crippen LogP contribution in [-0.4, -0.2) is 42.5 Å². The van der Waals surface area contributed by atoms with Gasteiger partial charge in [-0.25, -0.2) is 9.97 Å². The highest BCUT2D eigenvalue weighted by Crippen LogP contribution is 2.17. The molecule has 0 saturated carbocycles. The van der Waals surface area contributed by atoms with Gasteiger partial charge >= 0.3 is 0 Å². The molecule has 0 bridgehead atoms. The van der Waals surface area contributed by atoms with E-state index in [4.69, 9.17) is 5.73 Å². The maximum absolute atomic E-state index is 9.46. The molecule has 2 heterocycles. The second-order valence-corrected chi connectivity index (χ2v) is 6.53. The number of aliphatic hydroxyl groups excluding tert-OH is 1. The summed E-state index contributed by atoms with van der Waals surface area (Å²) >= 11 is 0. The SMILES string of the molecule is CC(O)CC(C)CNc1cc(-n2nc(Nc3ccccc3)nc2N)ncn1. The van der Waals surface area contributed by atoms with Gasteiger partial charge in [0.15, 0.2) is 5.82 Å². The summed E-state index contributed by atoms with van der Waals surface area (Å²) in [7, 11) is 0. The van der Waals surface area contributed by atoms with E-state index in [1.807, 2.05) is 30.3 Å². The quantitative estimate of drug-likeness (QED) is 0.476. The number of para-hydroxylation sites is 1. The normalized spacial score (nSPS) is 13.1. The van der Waals surface area contributed by atoms with E-state index in [1.54, 1.807) is 13.0 Å². The molecule has 0 aliphatic heterocycles. The zero-order valence-electron chi connectivity index (χ0n) is 15.4. The molecule has 9 nitrogen and oxygen atoms in total. The van der Waals surface area contributed by atoms with Gasteiger partial charge in [-0.15, -0.1) is 5.10 Å². The zero-order chi connectivity index (χ0) is 19.2. The van der Waals surface area contributed by atoms with Crippen LogP contribution in [0.1, 0.15) is 20.3 Å². The number of nitrogens with zero attached hydrogens (tertiary/aromatic N) is 5. The van der Waals surface area contributed by atoms with Crippen molar-refractivity contribution in [3.05, 3.63) is 42.7 Å². The fourth-order valence-electron chi connectivity index (χ4n) is 2.70. The van der Waals surface area contributed by atoms with Gasteiger partial charge in [0.05, 0.1) is 6.10 Å². The van der Waals surface area contributed by atoms with E-state index >= 15 is 0 Å². The van der Waals surface area contributed by atoms with Crippen molar-refractivity contribution in [2.24, 2.45) is 5.92 Å². The summed E-state index contributed by atoms with van der Waals surface area (Å²) in [5, 5.41) is 20.2. The molecule has 5 N–H and O–H groups in total. The number of hydrogen-bond donors (Lipinski definition) is 4. The first-order valence-electron chi connectivity index (χ1n) is 8.80. The lowest BCUT2D eigenvalue weighted by Gasteiger charge is -2.14. The second kappa shape index (κ2) is 8.45. The number of nitrogens with one attached hydrogen (secondary N) is 2. The first-order chi connectivity index (χ1) is 13.0. The molecule has 0 amide bonds. The Morgan fingerprint density at radius 3 is 2.70 bits per heavy atom. The summed E-state index contributed by atoms with van der Waals surface area (Å²) in [4.78, 5) is 12.7. The predicted octanol–water partition coefficient (Wildman–Crippen LogP) is 2.20. The van der Waals surface area contributed by atoms with Crippen LogP contribution in [0.3, 0.4) is 0 Å². The standard InChI is InChI=1S/C18H24N8O/c1-12(8-13(2)27)10-20-15-9-16(22-11-21-15)26-17(19)24-18(25-26)23-14-6-4-3-5-7-14/h3-7,9,11-13,27H,8,10H2,1-2H3,(H,20,21,22)(H3,19,23,24,25). The molecule has 27 heavy (non-hydrogen) atoms. The molecule has 9 heteroatoms. The predicted molar refractivity (Wildman–Crippen MR) is 105 cm³/mol. The smallest absolute Gasteiger partial charge is 0.248 e. The average Bonchev–Trinajstić information content (AvgIpc) is 3.01. The Bertz CT molecular complexity index is 865. The molecular weight excluding hydrogens is 344 g/mol. The van der Waals surface area contributed by atoms with Crippen LogP contribution in [0, 0.1) is 5.92 Å². The van der Waals surface area contributed by atoms with Crippen LogP contribution in [0.5, 0.6) is 0 Å². The summed E-state index contributed by atoms with van der Waals surface area (Å²) < 4.78 is 1.46. The van der Waals surface area contributed by atoms with E-state index < -0.39 is 0 Å². The van der Waals surface area contributed by atoms with Gasteiger partial charge in [0.1, 0.15) is 12.1 Å². The van der Waals surface area contributed by atoms with Crippen LogP contribution in [0.4, 0.5) is 23.4 Å². The van der Waals surface area contributed by atoms with E-state index in [0.717, 1.165) is 12.1 Å². The summed E-state index contributed by atoms with van der Waals surface area (Å²) in [5.41, 5.74) is 6.86. The van der Waals surface area contributed by atoms with E-state index in [1.165, 1.54) is 11.0 Å². The number of anilines is 4. The lowest BCUT2D eigenvalue weighted by atomic mass is 10.1. The summed E-state index contributed by atoms with van der Waals surface area (Å²) in [6, 6.07) is 11.4. The Kier molecular flexibility index (Phi) is 5.82. The van der Waals surface area contributed by atoms with Gasteiger partial charge in [-0.1, -0.05) is 25.1 Å². The minimum Gasteiger partial charge on any atom is -0.393 e. The summed E-state index contributed by atoms with van der Waals surface area (Å²) in [6.07, 6.45) is 1.84. The maximum Gasteiger partial charge on any atom is 0.248 e. The third-order valence-corrected chi connectivity index (χ3v) is 3.91. The lowest BCUT2D eigenvalue weighted by molar-refractivity contribution is 0.166. The van der Waals surface area contributed by atoms with Gasteiger partial charge in [0, 0.05) is 18.3 Å². The minimum absolute atomic E-state index is 0.223. The molecule has 2 unspecified atom stereocenters. The monoisotopic (exact) mass is 368 g/mol. The maximum atomic E-state index is 9.46. The number of benzene rings is 1. The number of rotatable bonds is 8. The number of nitrogen functional groups attached to an aromatic ring is 1. The molecule has 1 aromatic carbocycles. The van der Waals surface area contributed by atoms with Crippen molar-refractivity contribution in [2.75, 3.05) is 22.9 Å². The van der Waals surface area contributed by atoms with E-state index in [2.05, 4.69) is 37.6 Å². The first-order valence-corrected chi connectivity index (χ1v) is 8.80. The van der Waals surface area contributed by atoms with Crippen molar-refractivity contribution in [3.8, 4) is 5.82 Å². The number of aliphatic hydroxyl groups is 1. The Hall–Kier alpha value is -3.20. The Labute approximate surface area is 157 Å². The highest BCUT2D eigenvalue weighted by Gasteiger charge is 2.12. The largest absolute Gasteiger partial charge is 0.393 e. The molecule has 2 atom stereocenters. The van der Waals surface area contributed by atoms with Gasteiger partial charge in [-0.2, -0.15) is 9.67 Å². The molecule has 0 aliphatic carbocycles. The van der Waals surface area contributed by atoms with Crippen molar-refractivity contribution in [2.45, 2.75) is 26.4 Å². The first kappa shape index (κ1) is 18.6. The number of nitrogens with two attached hydrogens (primary N) is 1. The molecular formula is C18H24N8O. The molecule has 0 radical (unpaired) electrons. The molecule has 142 valence electrons. The molecule has 0 fully saturated rings. The Balaban J connectivity index is 1.71.